The maximum absolute atomic E-state index is 5.35. The summed E-state index contributed by atoms with van der Waals surface area (Å²) in [5, 5.41) is 7.54. The molecule has 0 aliphatic rings. The Kier molecular flexibility index (Phi) is 5.73. The molecule has 0 amide bonds. The highest BCUT2D eigenvalue weighted by Crippen LogP contribution is 2.19. The molecule has 0 saturated heterocycles. The van der Waals surface area contributed by atoms with E-state index in [2.05, 4.69) is 45.2 Å². The van der Waals surface area contributed by atoms with E-state index in [1.165, 1.54) is 0 Å². The molecule has 2 aromatic rings. The molecule has 108 valence electrons. The Morgan fingerprint density at radius 3 is 2.65 bits per heavy atom. The van der Waals surface area contributed by atoms with Crippen LogP contribution in [0.3, 0.4) is 0 Å². The van der Waals surface area contributed by atoms with E-state index in [0.29, 0.717) is 17.8 Å². The summed E-state index contributed by atoms with van der Waals surface area (Å²) in [7, 11) is 0. The fourth-order valence-corrected chi connectivity index (χ4v) is 2.24. The Labute approximate surface area is 128 Å². The van der Waals surface area contributed by atoms with Gasteiger partial charge in [-0.25, -0.2) is 0 Å². The van der Waals surface area contributed by atoms with Crippen LogP contribution < -0.4 is 5.32 Å². The Balaban J connectivity index is 2.02. The highest BCUT2D eigenvalue weighted by Gasteiger charge is 2.13. The van der Waals surface area contributed by atoms with Crippen molar-refractivity contribution >= 4 is 15.9 Å². The average molecular weight is 338 g/mol. The highest BCUT2D eigenvalue weighted by molar-refractivity contribution is 9.10. The molecule has 0 bridgehead atoms. The molecular weight excluding hydrogens is 318 g/mol. The normalized spacial score (nSPS) is 12.6. The van der Waals surface area contributed by atoms with Gasteiger partial charge in [0.15, 0.2) is 0 Å². The highest BCUT2D eigenvalue weighted by atomic mass is 79.9. The summed E-state index contributed by atoms with van der Waals surface area (Å²) in [6.07, 6.45) is 2.96. The SMILES string of the molecule is CCCNC(CC)Cc1nc(-c2ccc(Br)cc2)no1. The summed E-state index contributed by atoms with van der Waals surface area (Å²) in [5.41, 5.74) is 0.970. The lowest BCUT2D eigenvalue weighted by molar-refractivity contribution is 0.354. The van der Waals surface area contributed by atoms with Gasteiger partial charge in [0.2, 0.25) is 11.7 Å². The van der Waals surface area contributed by atoms with Crippen LogP contribution in [0.1, 0.15) is 32.6 Å². The van der Waals surface area contributed by atoms with E-state index in [4.69, 9.17) is 4.52 Å². The molecule has 0 saturated carbocycles. The molecule has 0 spiro atoms. The van der Waals surface area contributed by atoms with E-state index in [1.54, 1.807) is 0 Å². The molecule has 1 atom stereocenters. The number of nitrogens with zero attached hydrogens (tertiary/aromatic N) is 2. The van der Waals surface area contributed by atoms with Crippen LogP contribution in [-0.4, -0.2) is 22.7 Å². The van der Waals surface area contributed by atoms with Gasteiger partial charge in [-0.1, -0.05) is 34.9 Å². The molecule has 1 aromatic carbocycles. The Hall–Kier alpha value is -1.20. The van der Waals surface area contributed by atoms with Crippen molar-refractivity contribution in [1.82, 2.24) is 15.5 Å². The molecule has 5 heteroatoms. The first-order chi connectivity index (χ1) is 9.72. The van der Waals surface area contributed by atoms with Crippen molar-refractivity contribution in [2.24, 2.45) is 0 Å². The van der Waals surface area contributed by atoms with E-state index in [0.717, 1.165) is 35.8 Å². The minimum absolute atomic E-state index is 0.396. The number of halogens is 1. The monoisotopic (exact) mass is 337 g/mol. The zero-order valence-corrected chi connectivity index (χ0v) is 13.5. The van der Waals surface area contributed by atoms with Crippen LogP contribution in [0, 0.1) is 0 Å². The first-order valence-corrected chi connectivity index (χ1v) is 7.84. The smallest absolute Gasteiger partial charge is 0.228 e. The van der Waals surface area contributed by atoms with Gasteiger partial charge >= 0.3 is 0 Å². The van der Waals surface area contributed by atoms with Crippen LogP contribution in [0.25, 0.3) is 11.4 Å². The van der Waals surface area contributed by atoms with Crippen molar-refractivity contribution in [1.29, 1.82) is 0 Å². The number of rotatable bonds is 7. The van der Waals surface area contributed by atoms with Crippen LogP contribution >= 0.6 is 15.9 Å². The van der Waals surface area contributed by atoms with Gasteiger partial charge in [0.25, 0.3) is 0 Å². The number of hydrogen-bond acceptors (Lipinski definition) is 4. The third-order valence-corrected chi connectivity index (χ3v) is 3.70. The Morgan fingerprint density at radius 1 is 1.25 bits per heavy atom. The van der Waals surface area contributed by atoms with Gasteiger partial charge in [0, 0.05) is 22.5 Å². The van der Waals surface area contributed by atoms with E-state index >= 15 is 0 Å². The van der Waals surface area contributed by atoms with E-state index in [1.807, 2.05) is 24.3 Å². The topological polar surface area (TPSA) is 51.0 Å². The van der Waals surface area contributed by atoms with Crippen LogP contribution in [-0.2, 0) is 6.42 Å². The number of hydrogen-bond donors (Lipinski definition) is 1. The summed E-state index contributed by atoms with van der Waals surface area (Å²) < 4.78 is 6.39. The second-order valence-electron chi connectivity index (χ2n) is 4.78. The van der Waals surface area contributed by atoms with Gasteiger partial charge in [-0.2, -0.15) is 4.98 Å². The minimum atomic E-state index is 0.396. The molecule has 4 nitrogen and oxygen atoms in total. The average Bonchev–Trinajstić information content (AvgIpc) is 2.92. The van der Waals surface area contributed by atoms with Gasteiger partial charge in [-0.05, 0) is 43.7 Å². The summed E-state index contributed by atoms with van der Waals surface area (Å²) >= 11 is 3.42. The summed E-state index contributed by atoms with van der Waals surface area (Å²) in [4.78, 5) is 4.47. The zero-order valence-electron chi connectivity index (χ0n) is 11.9. The summed E-state index contributed by atoms with van der Waals surface area (Å²) in [6, 6.07) is 8.30. The van der Waals surface area contributed by atoms with E-state index in [-0.39, 0.29) is 0 Å². The fraction of sp³-hybridized carbons (Fsp3) is 0.467. The molecule has 1 unspecified atom stereocenters. The molecule has 1 N–H and O–H groups in total. The maximum atomic E-state index is 5.35. The van der Waals surface area contributed by atoms with Gasteiger partial charge in [-0.3, -0.25) is 0 Å². The molecule has 0 aliphatic carbocycles. The molecule has 0 aliphatic heterocycles. The number of benzene rings is 1. The van der Waals surface area contributed by atoms with Crippen molar-refractivity contribution in [3.8, 4) is 11.4 Å². The third kappa shape index (κ3) is 4.15. The Morgan fingerprint density at radius 2 is 2.00 bits per heavy atom. The quantitative estimate of drug-likeness (QED) is 0.834. The molecule has 1 heterocycles. The van der Waals surface area contributed by atoms with Gasteiger partial charge in [0.1, 0.15) is 0 Å². The molecule has 2 rings (SSSR count). The summed E-state index contributed by atoms with van der Waals surface area (Å²) in [6.45, 7) is 5.35. The predicted molar refractivity (Wildman–Crippen MR) is 83.5 cm³/mol. The molecule has 0 fully saturated rings. The van der Waals surface area contributed by atoms with E-state index < -0.39 is 0 Å². The minimum Gasteiger partial charge on any atom is -0.339 e. The predicted octanol–water partition coefficient (Wildman–Crippen LogP) is 3.82. The van der Waals surface area contributed by atoms with Crippen LogP contribution in [0.4, 0.5) is 0 Å². The molecule has 20 heavy (non-hydrogen) atoms. The van der Waals surface area contributed by atoms with Gasteiger partial charge < -0.3 is 9.84 Å². The maximum Gasteiger partial charge on any atom is 0.228 e. The lowest BCUT2D eigenvalue weighted by atomic mass is 10.1. The fourth-order valence-electron chi connectivity index (χ4n) is 1.97. The second kappa shape index (κ2) is 7.55. The number of nitrogens with one attached hydrogen (secondary N) is 1. The van der Waals surface area contributed by atoms with Gasteiger partial charge in [0.05, 0.1) is 0 Å². The first-order valence-electron chi connectivity index (χ1n) is 7.04. The number of aromatic nitrogens is 2. The summed E-state index contributed by atoms with van der Waals surface area (Å²) in [5.74, 6) is 1.34. The third-order valence-electron chi connectivity index (χ3n) is 3.17. The van der Waals surface area contributed by atoms with Crippen molar-refractivity contribution in [3.63, 3.8) is 0 Å². The first kappa shape index (κ1) is 15.2. The van der Waals surface area contributed by atoms with Crippen molar-refractivity contribution in [3.05, 3.63) is 34.6 Å². The van der Waals surface area contributed by atoms with Crippen LogP contribution in [0.15, 0.2) is 33.3 Å². The lowest BCUT2D eigenvalue weighted by Crippen LogP contribution is -2.31. The molecular formula is C15H20BrN3O. The molecule has 0 radical (unpaired) electrons. The standard InChI is InChI=1S/C15H20BrN3O/c1-3-9-17-13(4-2)10-14-18-15(19-20-14)11-5-7-12(16)8-6-11/h5-8,13,17H,3-4,9-10H2,1-2H3. The van der Waals surface area contributed by atoms with Crippen molar-refractivity contribution in [2.45, 2.75) is 39.2 Å². The Bertz CT molecular complexity index is 524. The van der Waals surface area contributed by atoms with Crippen LogP contribution in [0.5, 0.6) is 0 Å². The lowest BCUT2D eigenvalue weighted by Gasteiger charge is -2.13. The van der Waals surface area contributed by atoms with Crippen molar-refractivity contribution < 1.29 is 4.52 Å². The second-order valence-corrected chi connectivity index (χ2v) is 5.70. The van der Waals surface area contributed by atoms with Crippen molar-refractivity contribution in [2.75, 3.05) is 6.54 Å². The zero-order chi connectivity index (χ0) is 14.4. The van der Waals surface area contributed by atoms with Crippen LogP contribution in [0.2, 0.25) is 0 Å². The van der Waals surface area contributed by atoms with E-state index in [9.17, 15) is 0 Å². The molecule has 1 aromatic heterocycles. The van der Waals surface area contributed by atoms with Gasteiger partial charge in [-0.15, -0.1) is 0 Å². The largest absolute Gasteiger partial charge is 0.339 e.